The number of amides is 3. The summed E-state index contributed by atoms with van der Waals surface area (Å²) in [7, 11) is 1.26. The second-order valence-corrected chi connectivity index (χ2v) is 11.6. The minimum atomic E-state index is -1.20. The molecule has 242 valence electrons. The van der Waals surface area contributed by atoms with Gasteiger partial charge in [-0.25, -0.2) is 9.59 Å². The quantitative estimate of drug-likeness (QED) is 0.0669. The number of hydrogen-bond donors (Lipinski definition) is 5. The Labute approximate surface area is 256 Å². The van der Waals surface area contributed by atoms with E-state index in [2.05, 4.69) is 10.6 Å². The van der Waals surface area contributed by atoms with Crippen molar-refractivity contribution in [2.24, 2.45) is 23.0 Å². The highest BCUT2D eigenvalue weighted by molar-refractivity contribution is 5.93. The Morgan fingerprint density at radius 1 is 1.05 bits per heavy atom. The van der Waals surface area contributed by atoms with Crippen LogP contribution in [0.4, 0.5) is 4.79 Å². The number of carboxylic acids is 1. The predicted octanol–water partition coefficient (Wildman–Crippen LogP) is 4.15. The molecule has 0 aromatic heterocycles. The van der Waals surface area contributed by atoms with Crippen LogP contribution in [0.15, 0.2) is 59.9 Å². The Hall–Kier alpha value is -3.86. The molecule has 5 atom stereocenters. The van der Waals surface area contributed by atoms with E-state index < -0.39 is 41.6 Å². The number of ether oxygens (including phenoxy) is 2. The van der Waals surface area contributed by atoms with Crippen molar-refractivity contribution in [2.45, 2.75) is 86.0 Å². The maximum atomic E-state index is 13.0. The van der Waals surface area contributed by atoms with E-state index in [9.17, 15) is 24.3 Å². The van der Waals surface area contributed by atoms with Crippen molar-refractivity contribution in [3.8, 4) is 0 Å². The molecule has 0 heterocycles. The molecule has 0 aromatic carbocycles. The van der Waals surface area contributed by atoms with Gasteiger partial charge in [0.05, 0.1) is 13.2 Å². The largest absolute Gasteiger partial charge is 0.490 e. The molecule has 3 amide bonds. The normalized spacial score (nSPS) is 16.5. The lowest BCUT2D eigenvalue weighted by molar-refractivity contribution is -0.136. The third-order valence-electron chi connectivity index (χ3n) is 6.45. The van der Waals surface area contributed by atoms with E-state index >= 15 is 0 Å². The summed E-state index contributed by atoms with van der Waals surface area (Å²) in [6.45, 7) is 13.3. The number of hydrogen-bond acceptors (Lipinski definition) is 7. The Morgan fingerprint density at radius 3 is 2.21 bits per heavy atom. The van der Waals surface area contributed by atoms with Crippen LogP contribution in [-0.4, -0.2) is 66.0 Å². The molecule has 5 unspecified atom stereocenters. The lowest BCUT2D eigenvalue weighted by Crippen LogP contribution is -2.53. The average Bonchev–Trinajstić information content (AvgIpc) is 2.90. The molecule has 0 saturated carbocycles. The first-order valence-electron chi connectivity index (χ1n) is 14.4. The van der Waals surface area contributed by atoms with Gasteiger partial charge in [0.2, 0.25) is 11.8 Å². The molecule has 6 N–H and O–H groups in total. The van der Waals surface area contributed by atoms with Crippen LogP contribution in [0.5, 0.6) is 0 Å². The van der Waals surface area contributed by atoms with Gasteiger partial charge in [0.25, 0.3) is 0 Å². The smallest absolute Gasteiger partial charge is 0.404 e. The zero-order valence-corrected chi connectivity index (χ0v) is 26.8. The van der Waals surface area contributed by atoms with Gasteiger partial charge in [-0.1, -0.05) is 76.6 Å². The van der Waals surface area contributed by atoms with E-state index in [-0.39, 0.29) is 29.9 Å². The third kappa shape index (κ3) is 17.6. The summed E-state index contributed by atoms with van der Waals surface area (Å²) < 4.78 is 9.93. The molecular formula is C32H51N3O8. The number of aliphatic hydroxyl groups excluding tert-OH is 1. The second-order valence-electron chi connectivity index (χ2n) is 11.6. The lowest BCUT2D eigenvalue weighted by Gasteiger charge is -2.30. The third-order valence-corrected chi connectivity index (χ3v) is 6.45. The van der Waals surface area contributed by atoms with Crippen LogP contribution in [-0.2, 0) is 23.9 Å². The van der Waals surface area contributed by atoms with E-state index in [4.69, 9.17) is 20.3 Å². The summed E-state index contributed by atoms with van der Waals surface area (Å²) in [5, 5.41) is 25.0. The van der Waals surface area contributed by atoms with E-state index in [1.165, 1.54) is 19.3 Å². The van der Waals surface area contributed by atoms with Crippen LogP contribution in [0.25, 0.3) is 0 Å². The molecule has 0 fully saturated rings. The number of rotatable bonds is 18. The molecule has 0 radical (unpaired) electrons. The van der Waals surface area contributed by atoms with E-state index in [1.807, 2.05) is 66.7 Å². The average molecular weight is 606 g/mol. The van der Waals surface area contributed by atoms with Crippen LogP contribution in [0.3, 0.4) is 0 Å². The number of allylic oxidation sites excluding steroid dienone is 5. The fourth-order valence-electron chi connectivity index (χ4n) is 4.05. The van der Waals surface area contributed by atoms with Crippen molar-refractivity contribution in [2.75, 3.05) is 13.7 Å². The van der Waals surface area contributed by atoms with Gasteiger partial charge in [0, 0.05) is 25.0 Å². The molecule has 0 rings (SSSR count). The van der Waals surface area contributed by atoms with E-state index in [1.54, 1.807) is 18.2 Å². The first kappa shape index (κ1) is 39.1. The summed E-state index contributed by atoms with van der Waals surface area (Å²) in [5.74, 6) is -2.45. The van der Waals surface area contributed by atoms with Crippen LogP contribution in [0.2, 0.25) is 0 Å². The summed E-state index contributed by atoms with van der Waals surface area (Å²) in [6.07, 6.45) is 12.3. The molecular weight excluding hydrogens is 554 g/mol. The number of carbonyl (C=O) groups excluding carboxylic acids is 3. The first-order valence-corrected chi connectivity index (χ1v) is 14.4. The fourth-order valence-corrected chi connectivity index (χ4v) is 4.05. The highest BCUT2D eigenvalue weighted by atomic mass is 16.6. The number of primary amides is 1. The van der Waals surface area contributed by atoms with Crippen molar-refractivity contribution >= 4 is 23.9 Å². The van der Waals surface area contributed by atoms with Gasteiger partial charge in [-0.05, 0) is 44.1 Å². The van der Waals surface area contributed by atoms with Gasteiger partial charge < -0.3 is 36.1 Å². The number of methoxy groups -OCH3 is 1. The zero-order chi connectivity index (χ0) is 33.2. The molecule has 43 heavy (non-hydrogen) atoms. The van der Waals surface area contributed by atoms with Gasteiger partial charge in [0.15, 0.2) is 5.76 Å². The van der Waals surface area contributed by atoms with Gasteiger partial charge in [-0.3, -0.25) is 9.59 Å². The summed E-state index contributed by atoms with van der Waals surface area (Å²) >= 11 is 0. The lowest BCUT2D eigenvalue weighted by atomic mass is 9.86. The highest BCUT2D eigenvalue weighted by Crippen LogP contribution is 2.20. The molecule has 11 nitrogen and oxygen atoms in total. The van der Waals surface area contributed by atoms with Crippen molar-refractivity contribution < 1.29 is 38.9 Å². The number of nitrogens with one attached hydrogen (secondary N) is 2. The highest BCUT2D eigenvalue weighted by Gasteiger charge is 2.32. The molecule has 0 saturated heterocycles. The summed E-state index contributed by atoms with van der Waals surface area (Å²) in [4.78, 5) is 47.9. The van der Waals surface area contributed by atoms with Crippen LogP contribution >= 0.6 is 0 Å². The molecule has 0 aliphatic heterocycles. The standard InChI is InChI=1S/C32H51N3O8/c1-9-10-14-24(43-31(33)41)19-22(3)20-34-29(38)28(32(5,6)7)35-27(37)15-12-11-13-21(2)18-23(4)25(36)16-17-26(42-8)30(39)40/h9-13,15,17-18,22-25,28,36H,14,16,19-20H2,1-8H3,(H2,33,41)(H,34,38)(H,35,37)(H,39,40). The Morgan fingerprint density at radius 2 is 1.67 bits per heavy atom. The van der Waals surface area contributed by atoms with E-state index in [0.717, 1.165) is 5.57 Å². The summed E-state index contributed by atoms with van der Waals surface area (Å²) in [5.41, 5.74) is 5.45. The van der Waals surface area contributed by atoms with Crippen LogP contribution in [0, 0.1) is 17.3 Å². The monoisotopic (exact) mass is 605 g/mol. The minimum Gasteiger partial charge on any atom is -0.490 e. The number of nitrogens with two attached hydrogens (primary N) is 1. The predicted molar refractivity (Wildman–Crippen MR) is 167 cm³/mol. The molecule has 0 aliphatic rings. The second kappa shape index (κ2) is 20.1. The number of carboxylic acid groups (broad SMARTS) is 1. The van der Waals surface area contributed by atoms with Crippen LogP contribution < -0.4 is 16.4 Å². The van der Waals surface area contributed by atoms with Crippen molar-refractivity contribution in [1.29, 1.82) is 0 Å². The van der Waals surface area contributed by atoms with Gasteiger partial charge in [-0.2, -0.15) is 0 Å². The Bertz CT molecular complexity index is 1070. The molecule has 0 spiro atoms. The Balaban J connectivity index is 5.10. The summed E-state index contributed by atoms with van der Waals surface area (Å²) in [6, 6.07) is -0.792. The minimum absolute atomic E-state index is 0.0101. The fraction of sp³-hybridized carbons (Fsp3) is 0.562. The maximum Gasteiger partial charge on any atom is 0.404 e. The van der Waals surface area contributed by atoms with Gasteiger partial charge >= 0.3 is 12.1 Å². The topological polar surface area (TPSA) is 177 Å². The maximum absolute atomic E-state index is 13.0. The van der Waals surface area contributed by atoms with Crippen molar-refractivity contribution in [3.05, 3.63) is 59.9 Å². The first-order chi connectivity index (χ1) is 20.0. The van der Waals surface area contributed by atoms with E-state index in [0.29, 0.717) is 19.4 Å². The molecule has 0 aromatic rings. The van der Waals surface area contributed by atoms with Crippen LogP contribution in [0.1, 0.15) is 67.7 Å². The molecule has 0 aliphatic carbocycles. The number of aliphatic hydroxyl groups is 1. The SMILES string of the molecule is CC=CCC(CC(C)CNC(=O)C(NC(=O)C=CC=CC(C)=CC(C)C(O)CC=C(OC)C(=O)O)C(C)(C)C)OC(N)=O. The molecule has 11 heteroatoms. The van der Waals surface area contributed by atoms with Crippen molar-refractivity contribution in [3.63, 3.8) is 0 Å². The van der Waals surface area contributed by atoms with Gasteiger partial charge in [0.1, 0.15) is 12.1 Å². The molecule has 0 bridgehead atoms. The number of aliphatic carboxylic acids is 1. The Kier molecular flexibility index (Phi) is 18.3. The number of carbonyl (C=O) groups is 4. The zero-order valence-electron chi connectivity index (χ0n) is 26.8. The van der Waals surface area contributed by atoms with Crippen molar-refractivity contribution in [1.82, 2.24) is 10.6 Å². The van der Waals surface area contributed by atoms with Gasteiger partial charge in [-0.15, -0.1) is 0 Å².